The SMILES string of the molecule is CC(C)=CCC(O)/C(C)=C/CCC1=CC(=O)OC1O. The van der Waals surface area contributed by atoms with Crippen molar-refractivity contribution in [3.63, 3.8) is 0 Å². The second-order valence-corrected chi connectivity index (χ2v) is 5.03. The summed E-state index contributed by atoms with van der Waals surface area (Å²) in [4.78, 5) is 10.9. The molecular weight excluding hydrogens is 244 g/mol. The summed E-state index contributed by atoms with van der Waals surface area (Å²) < 4.78 is 4.59. The molecule has 2 unspecified atom stereocenters. The van der Waals surface area contributed by atoms with E-state index >= 15 is 0 Å². The van der Waals surface area contributed by atoms with Gasteiger partial charge in [-0.1, -0.05) is 17.7 Å². The fraction of sp³-hybridized carbons (Fsp3) is 0.533. The maximum absolute atomic E-state index is 10.9. The number of carbonyl (C=O) groups is 1. The van der Waals surface area contributed by atoms with Crippen LogP contribution in [0.4, 0.5) is 0 Å². The van der Waals surface area contributed by atoms with Gasteiger partial charge < -0.3 is 14.9 Å². The molecule has 0 fully saturated rings. The predicted octanol–water partition coefficient (Wildman–Crippen LogP) is 2.23. The highest BCUT2D eigenvalue weighted by molar-refractivity contribution is 5.85. The summed E-state index contributed by atoms with van der Waals surface area (Å²) in [6.07, 6.45) is 5.51. The Hall–Kier alpha value is -1.39. The molecule has 2 atom stereocenters. The molecule has 1 heterocycles. The van der Waals surface area contributed by atoms with Gasteiger partial charge in [0.2, 0.25) is 6.29 Å². The van der Waals surface area contributed by atoms with Crippen LogP contribution in [-0.2, 0) is 9.53 Å². The Bertz CT molecular complexity index is 414. The first kappa shape index (κ1) is 15.7. The number of carbonyl (C=O) groups excluding carboxylic acids is 1. The lowest BCUT2D eigenvalue weighted by atomic mass is 10.0. The molecule has 0 spiro atoms. The van der Waals surface area contributed by atoms with Crippen LogP contribution in [0.15, 0.2) is 34.9 Å². The largest absolute Gasteiger partial charge is 0.429 e. The number of aliphatic hydroxyl groups excluding tert-OH is 2. The van der Waals surface area contributed by atoms with Crippen molar-refractivity contribution in [2.45, 2.75) is 52.4 Å². The summed E-state index contributed by atoms with van der Waals surface area (Å²) >= 11 is 0. The smallest absolute Gasteiger partial charge is 0.333 e. The number of rotatable bonds is 6. The van der Waals surface area contributed by atoms with Crippen molar-refractivity contribution >= 4 is 5.97 Å². The second kappa shape index (κ2) is 7.26. The van der Waals surface area contributed by atoms with Gasteiger partial charge in [0, 0.05) is 11.6 Å². The Morgan fingerprint density at radius 1 is 1.42 bits per heavy atom. The van der Waals surface area contributed by atoms with E-state index in [9.17, 15) is 15.0 Å². The van der Waals surface area contributed by atoms with Gasteiger partial charge in [0.1, 0.15) is 0 Å². The minimum Gasteiger partial charge on any atom is -0.429 e. The lowest BCUT2D eigenvalue weighted by Gasteiger charge is -2.10. The minimum atomic E-state index is -1.10. The lowest BCUT2D eigenvalue weighted by Crippen LogP contribution is -2.10. The van der Waals surface area contributed by atoms with Crippen LogP contribution in [0.5, 0.6) is 0 Å². The summed E-state index contributed by atoms with van der Waals surface area (Å²) in [6, 6.07) is 0. The predicted molar refractivity (Wildman–Crippen MR) is 73.2 cm³/mol. The van der Waals surface area contributed by atoms with Gasteiger partial charge >= 0.3 is 5.97 Å². The molecule has 1 aliphatic heterocycles. The molecule has 4 heteroatoms. The highest BCUT2D eigenvalue weighted by Gasteiger charge is 2.22. The molecule has 0 aromatic heterocycles. The maximum atomic E-state index is 10.9. The van der Waals surface area contributed by atoms with Crippen molar-refractivity contribution in [1.82, 2.24) is 0 Å². The van der Waals surface area contributed by atoms with Crippen LogP contribution in [0.2, 0.25) is 0 Å². The van der Waals surface area contributed by atoms with E-state index in [0.717, 1.165) is 5.57 Å². The molecule has 2 N–H and O–H groups in total. The summed E-state index contributed by atoms with van der Waals surface area (Å²) in [5.41, 5.74) is 2.67. The molecule has 0 saturated heterocycles. The number of hydrogen-bond donors (Lipinski definition) is 2. The molecule has 0 amide bonds. The maximum Gasteiger partial charge on any atom is 0.333 e. The molecule has 0 aromatic rings. The van der Waals surface area contributed by atoms with Crippen molar-refractivity contribution in [2.24, 2.45) is 0 Å². The number of ether oxygens (including phenoxy) is 1. The van der Waals surface area contributed by atoms with Gasteiger partial charge in [-0.05, 0) is 45.6 Å². The number of cyclic esters (lactones) is 1. The van der Waals surface area contributed by atoms with Gasteiger partial charge in [0.05, 0.1) is 6.10 Å². The Kier molecular flexibility index (Phi) is 5.99. The molecule has 0 aliphatic carbocycles. The molecule has 0 bridgehead atoms. The quantitative estimate of drug-likeness (QED) is 0.571. The first-order chi connectivity index (χ1) is 8.90. The monoisotopic (exact) mass is 266 g/mol. The number of esters is 1. The zero-order valence-corrected chi connectivity index (χ0v) is 11.7. The van der Waals surface area contributed by atoms with Gasteiger partial charge in [0.15, 0.2) is 0 Å². The fourth-order valence-electron chi connectivity index (χ4n) is 1.77. The zero-order chi connectivity index (χ0) is 14.4. The van der Waals surface area contributed by atoms with Crippen molar-refractivity contribution in [3.8, 4) is 0 Å². The Morgan fingerprint density at radius 2 is 2.11 bits per heavy atom. The summed E-state index contributed by atoms with van der Waals surface area (Å²) in [5, 5.41) is 19.3. The molecule has 19 heavy (non-hydrogen) atoms. The van der Waals surface area contributed by atoms with Crippen LogP contribution < -0.4 is 0 Å². The van der Waals surface area contributed by atoms with Crippen molar-refractivity contribution < 1.29 is 19.7 Å². The lowest BCUT2D eigenvalue weighted by molar-refractivity contribution is -0.151. The van der Waals surface area contributed by atoms with Crippen molar-refractivity contribution in [3.05, 3.63) is 34.9 Å². The molecule has 0 saturated carbocycles. The van der Waals surface area contributed by atoms with Crippen LogP contribution in [0.25, 0.3) is 0 Å². The normalized spacial score (nSPS) is 20.9. The molecular formula is C15H22O4. The van der Waals surface area contributed by atoms with Gasteiger partial charge in [-0.15, -0.1) is 0 Å². The van der Waals surface area contributed by atoms with Crippen LogP contribution in [-0.4, -0.2) is 28.6 Å². The highest BCUT2D eigenvalue weighted by atomic mass is 16.6. The van der Waals surface area contributed by atoms with Gasteiger partial charge in [0.25, 0.3) is 0 Å². The zero-order valence-electron chi connectivity index (χ0n) is 11.7. The first-order valence-corrected chi connectivity index (χ1v) is 6.47. The molecule has 0 radical (unpaired) electrons. The number of allylic oxidation sites excluding steroid dienone is 2. The number of aliphatic hydroxyl groups is 2. The first-order valence-electron chi connectivity index (χ1n) is 6.47. The Balaban J connectivity index is 2.42. The molecule has 1 aliphatic rings. The van der Waals surface area contributed by atoms with E-state index in [0.29, 0.717) is 24.8 Å². The minimum absolute atomic E-state index is 0.477. The fourth-order valence-corrected chi connectivity index (χ4v) is 1.77. The van der Waals surface area contributed by atoms with E-state index in [1.54, 1.807) is 0 Å². The third-order valence-corrected chi connectivity index (χ3v) is 3.02. The van der Waals surface area contributed by atoms with Crippen LogP contribution in [0.1, 0.15) is 40.0 Å². The Morgan fingerprint density at radius 3 is 2.63 bits per heavy atom. The van der Waals surface area contributed by atoms with E-state index in [4.69, 9.17) is 0 Å². The standard InChI is InChI=1S/C15H22O4/c1-10(2)7-8-13(16)11(3)5-4-6-12-9-14(17)19-15(12)18/h5,7,9,13,15-16,18H,4,6,8H2,1-3H3/b11-5+. The molecule has 0 aromatic carbocycles. The van der Waals surface area contributed by atoms with Gasteiger partial charge in [-0.3, -0.25) is 0 Å². The summed E-state index contributed by atoms with van der Waals surface area (Å²) in [6.45, 7) is 5.87. The molecule has 1 rings (SSSR count). The van der Waals surface area contributed by atoms with Crippen molar-refractivity contribution in [1.29, 1.82) is 0 Å². The summed E-state index contributed by atoms with van der Waals surface area (Å²) in [5.74, 6) is -0.494. The second-order valence-electron chi connectivity index (χ2n) is 5.03. The average Bonchev–Trinajstić information content (AvgIpc) is 2.64. The molecule has 4 nitrogen and oxygen atoms in total. The van der Waals surface area contributed by atoms with Crippen LogP contribution >= 0.6 is 0 Å². The summed E-state index contributed by atoms with van der Waals surface area (Å²) in [7, 11) is 0. The third-order valence-electron chi connectivity index (χ3n) is 3.02. The van der Waals surface area contributed by atoms with Crippen LogP contribution in [0, 0.1) is 0 Å². The average molecular weight is 266 g/mol. The van der Waals surface area contributed by atoms with Crippen molar-refractivity contribution in [2.75, 3.05) is 0 Å². The van der Waals surface area contributed by atoms with Crippen LogP contribution in [0.3, 0.4) is 0 Å². The van der Waals surface area contributed by atoms with E-state index in [1.807, 2.05) is 32.9 Å². The van der Waals surface area contributed by atoms with Gasteiger partial charge in [-0.25, -0.2) is 4.79 Å². The Labute approximate surface area is 114 Å². The van der Waals surface area contributed by atoms with E-state index in [2.05, 4.69) is 4.74 Å². The molecule has 106 valence electrons. The van der Waals surface area contributed by atoms with E-state index < -0.39 is 18.4 Å². The number of hydrogen-bond acceptors (Lipinski definition) is 4. The van der Waals surface area contributed by atoms with Gasteiger partial charge in [-0.2, -0.15) is 0 Å². The highest BCUT2D eigenvalue weighted by Crippen LogP contribution is 2.19. The topological polar surface area (TPSA) is 66.8 Å². The van der Waals surface area contributed by atoms with E-state index in [-0.39, 0.29) is 0 Å². The third kappa shape index (κ3) is 5.41. The van der Waals surface area contributed by atoms with E-state index in [1.165, 1.54) is 11.6 Å².